The van der Waals surface area contributed by atoms with E-state index in [4.69, 9.17) is 9.47 Å². The number of carbonyl (C=O) groups is 2. The first-order valence-electron chi connectivity index (χ1n) is 6.93. The van der Waals surface area contributed by atoms with Crippen molar-refractivity contribution in [2.45, 2.75) is 6.42 Å². The number of ether oxygens (including phenoxy) is 2. The van der Waals surface area contributed by atoms with Gasteiger partial charge in [0.05, 0.1) is 19.5 Å². The molecule has 1 amide bonds. The molecule has 2 aromatic rings. The van der Waals surface area contributed by atoms with Crippen LogP contribution in [0, 0.1) is 0 Å². The number of carboxylic acid groups (broad SMARTS) is 1. The second-order valence-electron chi connectivity index (χ2n) is 4.72. The van der Waals surface area contributed by atoms with Crippen molar-refractivity contribution in [3.8, 4) is 11.5 Å². The van der Waals surface area contributed by atoms with Gasteiger partial charge in [0.25, 0.3) is 0 Å². The van der Waals surface area contributed by atoms with Gasteiger partial charge in [0.15, 0.2) is 0 Å². The van der Waals surface area contributed by atoms with Gasteiger partial charge in [-0.3, -0.25) is 4.79 Å². The number of anilines is 1. The number of rotatable bonds is 7. The van der Waals surface area contributed by atoms with Crippen molar-refractivity contribution in [3.05, 3.63) is 54.1 Å². The molecule has 0 saturated heterocycles. The predicted octanol–water partition coefficient (Wildman–Crippen LogP) is 1.01. The van der Waals surface area contributed by atoms with Gasteiger partial charge in [-0.2, -0.15) is 0 Å². The molecule has 120 valence electrons. The van der Waals surface area contributed by atoms with E-state index in [9.17, 15) is 14.7 Å². The maximum absolute atomic E-state index is 12.1. The molecular weight excluding hydrogens is 298 g/mol. The molecule has 0 radical (unpaired) electrons. The largest absolute Gasteiger partial charge is 0.546 e. The van der Waals surface area contributed by atoms with Crippen molar-refractivity contribution >= 4 is 17.6 Å². The summed E-state index contributed by atoms with van der Waals surface area (Å²) in [7, 11) is 1.56. The smallest absolute Gasteiger partial charge is 0.228 e. The van der Waals surface area contributed by atoms with E-state index >= 15 is 0 Å². The van der Waals surface area contributed by atoms with E-state index in [0.29, 0.717) is 17.2 Å². The summed E-state index contributed by atoms with van der Waals surface area (Å²) in [5.41, 5.74) is 1.38. The number of hydrogen-bond acceptors (Lipinski definition) is 5. The molecule has 0 fully saturated rings. The summed E-state index contributed by atoms with van der Waals surface area (Å²) < 4.78 is 10.2. The minimum atomic E-state index is -1.29. The van der Waals surface area contributed by atoms with Gasteiger partial charge in [0, 0.05) is 11.3 Å². The molecule has 0 spiro atoms. The molecule has 6 nitrogen and oxygen atoms in total. The first-order valence-corrected chi connectivity index (χ1v) is 6.93. The number of methoxy groups -OCH3 is 1. The van der Waals surface area contributed by atoms with Gasteiger partial charge in [0.1, 0.15) is 18.1 Å². The molecular formula is C17H16NO5-. The highest BCUT2D eigenvalue weighted by Crippen LogP contribution is 2.19. The zero-order valence-electron chi connectivity index (χ0n) is 12.6. The van der Waals surface area contributed by atoms with Crippen molar-refractivity contribution in [1.82, 2.24) is 0 Å². The Bertz CT molecular complexity index is 682. The molecule has 0 heterocycles. The summed E-state index contributed by atoms with van der Waals surface area (Å²) in [6.45, 7) is -0.514. The lowest BCUT2D eigenvalue weighted by molar-refractivity contribution is -0.307. The van der Waals surface area contributed by atoms with Gasteiger partial charge in [-0.15, -0.1) is 0 Å². The molecule has 0 bridgehead atoms. The van der Waals surface area contributed by atoms with E-state index in [1.165, 1.54) is 0 Å². The summed E-state index contributed by atoms with van der Waals surface area (Å²) in [5, 5.41) is 13.1. The fourth-order valence-corrected chi connectivity index (χ4v) is 2.00. The molecule has 0 atom stereocenters. The average Bonchev–Trinajstić information content (AvgIpc) is 2.54. The second kappa shape index (κ2) is 7.84. The Morgan fingerprint density at radius 1 is 1.09 bits per heavy atom. The van der Waals surface area contributed by atoms with Crippen molar-refractivity contribution in [2.24, 2.45) is 0 Å². The Morgan fingerprint density at radius 2 is 1.78 bits per heavy atom. The van der Waals surface area contributed by atoms with Crippen molar-refractivity contribution in [1.29, 1.82) is 0 Å². The Hall–Kier alpha value is -3.02. The van der Waals surface area contributed by atoms with E-state index in [2.05, 4.69) is 5.32 Å². The fraction of sp³-hybridized carbons (Fsp3) is 0.176. The zero-order valence-corrected chi connectivity index (χ0v) is 12.6. The first kappa shape index (κ1) is 16.4. The minimum Gasteiger partial charge on any atom is -0.546 e. The number of aliphatic carboxylic acids is 1. The van der Waals surface area contributed by atoms with E-state index in [0.717, 1.165) is 5.56 Å². The van der Waals surface area contributed by atoms with Crippen LogP contribution in [-0.4, -0.2) is 25.6 Å². The predicted molar refractivity (Wildman–Crippen MR) is 82.3 cm³/mol. The monoisotopic (exact) mass is 314 g/mol. The minimum absolute atomic E-state index is 0.182. The van der Waals surface area contributed by atoms with Crippen LogP contribution in [0.25, 0.3) is 0 Å². The van der Waals surface area contributed by atoms with Crippen molar-refractivity contribution < 1.29 is 24.2 Å². The maximum Gasteiger partial charge on any atom is 0.228 e. The van der Waals surface area contributed by atoms with E-state index in [1.54, 1.807) is 37.4 Å². The fourth-order valence-electron chi connectivity index (χ4n) is 2.00. The molecule has 1 N–H and O–H groups in total. The number of hydrogen-bond donors (Lipinski definition) is 1. The third kappa shape index (κ3) is 5.03. The number of nitrogens with one attached hydrogen (secondary N) is 1. The quantitative estimate of drug-likeness (QED) is 0.824. The van der Waals surface area contributed by atoms with Gasteiger partial charge in [-0.05, 0) is 30.3 Å². The van der Waals surface area contributed by atoms with Gasteiger partial charge in [-0.1, -0.05) is 18.2 Å². The number of carboxylic acids is 1. The normalized spacial score (nSPS) is 9.96. The topological polar surface area (TPSA) is 87.7 Å². The molecule has 0 aliphatic heterocycles. The SMILES string of the molecule is COc1ccccc1CC(=O)Nc1ccc(OCC(=O)[O-])cc1. The zero-order chi connectivity index (χ0) is 16.7. The molecule has 0 aromatic heterocycles. The van der Waals surface area contributed by atoms with Gasteiger partial charge >= 0.3 is 0 Å². The van der Waals surface area contributed by atoms with Crippen LogP contribution in [0.5, 0.6) is 11.5 Å². The standard InChI is InChI=1S/C17H17NO5/c1-22-15-5-3-2-4-12(15)10-16(19)18-13-6-8-14(9-7-13)23-11-17(20)21/h2-9H,10-11H2,1H3,(H,18,19)(H,20,21)/p-1. The third-order valence-corrected chi connectivity index (χ3v) is 3.04. The Kier molecular flexibility index (Phi) is 5.57. The van der Waals surface area contributed by atoms with Gasteiger partial charge in [0.2, 0.25) is 5.91 Å². The summed E-state index contributed by atoms with van der Waals surface area (Å²) in [6, 6.07) is 13.7. The van der Waals surface area contributed by atoms with Crippen molar-refractivity contribution in [3.63, 3.8) is 0 Å². The summed E-state index contributed by atoms with van der Waals surface area (Å²) in [5.74, 6) is -0.428. The van der Waals surface area contributed by atoms with Crippen molar-refractivity contribution in [2.75, 3.05) is 19.0 Å². The first-order chi connectivity index (χ1) is 11.1. The Morgan fingerprint density at radius 3 is 2.43 bits per heavy atom. The van der Waals surface area contributed by atoms with Gasteiger partial charge < -0.3 is 24.7 Å². The summed E-state index contributed by atoms with van der Waals surface area (Å²) in [6.07, 6.45) is 0.187. The second-order valence-corrected chi connectivity index (χ2v) is 4.72. The van der Waals surface area contributed by atoms with Crippen LogP contribution in [0.15, 0.2) is 48.5 Å². The summed E-state index contributed by atoms with van der Waals surface area (Å²) >= 11 is 0. The van der Waals surface area contributed by atoms with Crippen LogP contribution < -0.4 is 19.9 Å². The molecule has 2 aromatic carbocycles. The number of para-hydroxylation sites is 1. The highest BCUT2D eigenvalue weighted by molar-refractivity contribution is 5.92. The Labute approximate surface area is 133 Å². The molecule has 2 rings (SSSR count). The lowest BCUT2D eigenvalue weighted by atomic mass is 10.1. The van der Waals surface area contributed by atoms with Crippen LogP contribution in [0.4, 0.5) is 5.69 Å². The molecule has 23 heavy (non-hydrogen) atoms. The number of amides is 1. The summed E-state index contributed by atoms with van der Waals surface area (Å²) in [4.78, 5) is 22.4. The van der Waals surface area contributed by atoms with E-state index in [1.807, 2.05) is 18.2 Å². The van der Waals surface area contributed by atoms with E-state index in [-0.39, 0.29) is 12.3 Å². The molecule has 0 aliphatic carbocycles. The van der Waals surface area contributed by atoms with Crippen LogP contribution in [-0.2, 0) is 16.0 Å². The molecule has 6 heteroatoms. The highest BCUT2D eigenvalue weighted by atomic mass is 16.5. The highest BCUT2D eigenvalue weighted by Gasteiger charge is 2.08. The lowest BCUT2D eigenvalue weighted by Gasteiger charge is -2.10. The Balaban J connectivity index is 1.93. The van der Waals surface area contributed by atoms with Crippen LogP contribution in [0.3, 0.4) is 0 Å². The lowest BCUT2D eigenvalue weighted by Crippen LogP contribution is -2.28. The van der Waals surface area contributed by atoms with Crippen LogP contribution >= 0.6 is 0 Å². The third-order valence-electron chi connectivity index (χ3n) is 3.04. The van der Waals surface area contributed by atoms with Crippen LogP contribution in [0.1, 0.15) is 5.56 Å². The van der Waals surface area contributed by atoms with Crippen LogP contribution in [0.2, 0.25) is 0 Å². The molecule has 0 unspecified atom stereocenters. The van der Waals surface area contributed by atoms with Gasteiger partial charge in [-0.25, -0.2) is 0 Å². The molecule has 0 aliphatic rings. The maximum atomic E-state index is 12.1. The number of benzene rings is 2. The molecule has 0 saturated carbocycles. The number of carbonyl (C=O) groups excluding carboxylic acids is 2. The average molecular weight is 314 g/mol. The van der Waals surface area contributed by atoms with E-state index < -0.39 is 12.6 Å².